The fourth-order valence-electron chi connectivity index (χ4n) is 3.05. The Morgan fingerprint density at radius 3 is 2.68 bits per heavy atom. The molecule has 5 nitrogen and oxygen atoms in total. The maximum atomic E-state index is 13.1. The lowest BCUT2D eigenvalue weighted by molar-refractivity contribution is 0.0950. The lowest BCUT2D eigenvalue weighted by atomic mass is 10.2. The maximum Gasteiger partial charge on any atom is 0.253 e. The van der Waals surface area contributed by atoms with Crippen molar-refractivity contribution in [2.75, 3.05) is 0 Å². The van der Waals surface area contributed by atoms with Gasteiger partial charge in [0.15, 0.2) is 0 Å². The van der Waals surface area contributed by atoms with Gasteiger partial charge >= 0.3 is 0 Å². The number of para-hydroxylation sites is 1. The molecule has 0 saturated carbocycles. The first kappa shape index (κ1) is 17.7. The number of rotatable bonds is 5. The standard InChI is InChI=1S/C22H18FN3O2/c23-19-7-5-15(6-8-19)14-26-10-9-16-11-18(13-24-21(16)26)22(28)25-12-17-3-1-2-4-20(17)27/h1-11,13,27H,12,14H2,(H,25,28). The van der Waals surface area contributed by atoms with Crippen molar-refractivity contribution in [1.82, 2.24) is 14.9 Å². The van der Waals surface area contributed by atoms with E-state index in [2.05, 4.69) is 10.3 Å². The smallest absolute Gasteiger partial charge is 0.253 e. The van der Waals surface area contributed by atoms with Crippen LogP contribution in [0.15, 0.2) is 73.1 Å². The Labute approximate surface area is 161 Å². The molecule has 4 aromatic rings. The van der Waals surface area contributed by atoms with Crippen molar-refractivity contribution in [1.29, 1.82) is 0 Å². The molecule has 140 valence electrons. The minimum atomic E-state index is -0.265. The molecule has 0 fully saturated rings. The van der Waals surface area contributed by atoms with Crippen molar-refractivity contribution >= 4 is 16.9 Å². The zero-order valence-corrected chi connectivity index (χ0v) is 15.0. The molecular formula is C22H18FN3O2. The van der Waals surface area contributed by atoms with Crippen LogP contribution in [0.4, 0.5) is 4.39 Å². The zero-order chi connectivity index (χ0) is 19.5. The number of hydrogen-bond donors (Lipinski definition) is 2. The molecule has 28 heavy (non-hydrogen) atoms. The van der Waals surface area contributed by atoms with Gasteiger partial charge in [0.05, 0.1) is 5.56 Å². The second kappa shape index (κ2) is 7.52. The lowest BCUT2D eigenvalue weighted by Crippen LogP contribution is -2.23. The van der Waals surface area contributed by atoms with E-state index in [4.69, 9.17) is 0 Å². The first-order valence-electron chi connectivity index (χ1n) is 8.84. The van der Waals surface area contributed by atoms with Crippen LogP contribution in [0.1, 0.15) is 21.5 Å². The lowest BCUT2D eigenvalue weighted by Gasteiger charge is -2.08. The minimum absolute atomic E-state index is 0.147. The van der Waals surface area contributed by atoms with Gasteiger partial charge in [-0.25, -0.2) is 9.37 Å². The molecule has 2 N–H and O–H groups in total. The Kier molecular flexibility index (Phi) is 4.76. The zero-order valence-electron chi connectivity index (χ0n) is 15.0. The van der Waals surface area contributed by atoms with Crippen LogP contribution in [0, 0.1) is 5.82 Å². The largest absolute Gasteiger partial charge is 0.508 e. The molecule has 2 heterocycles. The maximum absolute atomic E-state index is 13.1. The fourth-order valence-corrected chi connectivity index (χ4v) is 3.05. The van der Waals surface area contributed by atoms with Gasteiger partial charge in [-0.2, -0.15) is 0 Å². The molecule has 2 aromatic carbocycles. The predicted octanol–water partition coefficient (Wildman–Crippen LogP) is 3.86. The van der Waals surface area contributed by atoms with Gasteiger partial charge in [0, 0.05) is 36.4 Å². The molecular weight excluding hydrogens is 357 g/mol. The summed E-state index contributed by atoms with van der Waals surface area (Å²) < 4.78 is 15.0. The van der Waals surface area contributed by atoms with E-state index in [1.54, 1.807) is 42.5 Å². The third-order valence-electron chi connectivity index (χ3n) is 4.56. The van der Waals surface area contributed by atoms with Crippen molar-refractivity contribution in [2.24, 2.45) is 0 Å². The number of nitrogens with one attached hydrogen (secondary N) is 1. The summed E-state index contributed by atoms with van der Waals surface area (Å²) in [4.78, 5) is 16.9. The molecule has 0 spiro atoms. The Morgan fingerprint density at radius 2 is 1.89 bits per heavy atom. The highest BCUT2D eigenvalue weighted by Gasteiger charge is 2.11. The first-order chi connectivity index (χ1) is 13.6. The molecule has 0 atom stereocenters. The third kappa shape index (κ3) is 3.71. The van der Waals surface area contributed by atoms with Gasteiger partial charge in [-0.3, -0.25) is 4.79 Å². The number of benzene rings is 2. The number of halogens is 1. The van der Waals surface area contributed by atoms with Crippen molar-refractivity contribution in [3.05, 3.63) is 95.6 Å². The summed E-state index contributed by atoms with van der Waals surface area (Å²) in [6.45, 7) is 0.796. The number of aromatic hydroxyl groups is 1. The molecule has 0 saturated heterocycles. The highest BCUT2D eigenvalue weighted by molar-refractivity contribution is 5.97. The van der Waals surface area contributed by atoms with Crippen LogP contribution in [0.2, 0.25) is 0 Å². The molecule has 0 aliphatic heterocycles. The number of phenols is 1. The highest BCUT2D eigenvalue weighted by Crippen LogP contribution is 2.18. The molecule has 0 bridgehead atoms. The molecule has 1 amide bonds. The summed E-state index contributed by atoms with van der Waals surface area (Å²) in [5.41, 5.74) is 2.81. The van der Waals surface area contributed by atoms with Crippen LogP contribution in [-0.2, 0) is 13.1 Å². The third-order valence-corrected chi connectivity index (χ3v) is 4.56. The van der Waals surface area contributed by atoms with Gasteiger partial charge in [-0.05, 0) is 35.9 Å². The Hall–Kier alpha value is -3.67. The molecule has 0 unspecified atom stereocenters. The number of phenolic OH excluding ortho intramolecular Hbond substituents is 1. The fraction of sp³-hybridized carbons (Fsp3) is 0.0909. The van der Waals surface area contributed by atoms with E-state index in [-0.39, 0.29) is 24.0 Å². The van der Waals surface area contributed by atoms with Crippen LogP contribution in [0.3, 0.4) is 0 Å². The molecule has 0 aliphatic rings. The molecule has 4 rings (SSSR count). The van der Waals surface area contributed by atoms with E-state index in [1.807, 2.05) is 16.8 Å². The number of aromatic nitrogens is 2. The number of fused-ring (bicyclic) bond motifs is 1. The summed E-state index contributed by atoms with van der Waals surface area (Å²) in [5.74, 6) is -0.378. The Morgan fingerprint density at radius 1 is 1.11 bits per heavy atom. The van der Waals surface area contributed by atoms with Crippen molar-refractivity contribution in [3.8, 4) is 5.75 Å². The summed E-state index contributed by atoms with van der Waals surface area (Å²) in [6, 6.07) is 16.9. The second-order valence-corrected chi connectivity index (χ2v) is 6.52. The van der Waals surface area contributed by atoms with E-state index in [9.17, 15) is 14.3 Å². The summed E-state index contributed by atoms with van der Waals surface area (Å²) in [5, 5.41) is 13.4. The van der Waals surface area contributed by atoms with E-state index < -0.39 is 0 Å². The number of pyridine rings is 1. The average Bonchev–Trinajstić information content (AvgIpc) is 3.11. The van der Waals surface area contributed by atoms with Gasteiger partial charge in [0.2, 0.25) is 0 Å². The van der Waals surface area contributed by atoms with Crippen LogP contribution < -0.4 is 5.32 Å². The number of carbonyl (C=O) groups excluding carboxylic acids is 1. The van der Waals surface area contributed by atoms with Gasteiger partial charge < -0.3 is 15.0 Å². The molecule has 0 aliphatic carbocycles. The molecule has 2 aromatic heterocycles. The van der Waals surface area contributed by atoms with Gasteiger partial charge in [-0.15, -0.1) is 0 Å². The van der Waals surface area contributed by atoms with E-state index in [0.717, 1.165) is 16.6 Å². The summed E-state index contributed by atoms with van der Waals surface area (Å²) >= 11 is 0. The summed E-state index contributed by atoms with van der Waals surface area (Å²) in [7, 11) is 0. The molecule has 6 heteroatoms. The van der Waals surface area contributed by atoms with Crippen LogP contribution in [-0.4, -0.2) is 20.6 Å². The quantitative estimate of drug-likeness (QED) is 0.557. The van der Waals surface area contributed by atoms with E-state index in [1.165, 1.54) is 18.3 Å². The normalized spacial score (nSPS) is 10.9. The number of nitrogens with zero attached hydrogens (tertiary/aromatic N) is 2. The highest BCUT2D eigenvalue weighted by atomic mass is 19.1. The number of hydrogen-bond acceptors (Lipinski definition) is 3. The van der Waals surface area contributed by atoms with Crippen molar-refractivity contribution in [2.45, 2.75) is 13.1 Å². The Balaban J connectivity index is 1.49. The Bertz CT molecular complexity index is 1140. The predicted molar refractivity (Wildman–Crippen MR) is 105 cm³/mol. The first-order valence-corrected chi connectivity index (χ1v) is 8.84. The second-order valence-electron chi connectivity index (χ2n) is 6.52. The van der Waals surface area contributed by atoms with Crippen LogP contribution in [0.5, 0.6) is 5.75 Å². The minimum Gasteiger partial charge on any atom is -0.508 e. The molecule has 0 radical (unpaired) electrons. The van der Waals surface area contributed by atoms with Crippen LogP contribution >= 0.6 is 0 Å². The monoisotopic (exact) mass is 375 g/mol. The average molecular weight is 375 g/mol. The van der Waals surface area contributed by atoms with Gasteiger partial charge in [0.1, 0.15) is 17.2 Å². The van der Waals surface area contributed by atoms with Gasteiger partial charge in [-0.1, -0.05) is 30.3 Å². The van der Waals surface area contributed by atoms with Gasteiger partial charge in [0.25, 0.3) is 5.91 Å². The summed E-state index contributed by atoms with van der Waals surface area (Å²) in [6.07, 6.45) is 3.42. The van der Waals surface area contributed by atoms with E-state index in [0.29, 0.717) is 17.7 Å². The number of carbonyl (C=O) groups is 1. The topological polar surface area (TPSA) is 67.2 Å². The number of amides is 1. The van der Waals surface area contributed by atoms with Crippen LogP contribution in [0.25, 0.3) is 11.0 Å². The SMILES string of the molecule is O=C(NCc1ccccc1O)c1cnc2c(ccn2Cc2ccc(F)cc2)c1. The van der Waals surface area contributed by atoms with E-state index >= 15 is 0 Å². The van der Waals surface area contributed by atoms with Crippen molar-refractivity contribution < 1.29 is 14.3 Å². The van der Waals surface area contributed by atoms with Crippen molar-refractivity contribution in [3.63, 3.8) is 0 Å².